The quantitative estimate of drug-likeness (QED) is 0.326. The molecule has 2 aromatic carbocycles. The number of fused-ring (bicyclic) bond motifs is 3. The SMILES string of the molecule is CCn1c(SCC(=O)NCc2ccccc2Cl)nc2c3cc(OC)ccc3n(C)c2c1=O. The minimum absolute atomic E-state index is 0.130. The number of nitrogens with zero attached hydrogens (tertiary/aromatic N) is 3. The molecular formula is C23H23ClN4O3S. The van der Waals surface area contributed by atoms with Gasteiger partial charge in [-0.3, -0.25) is 14.2 Å². The Labute approximate surface area is 194 Å². The lowest BCUT2D eigenvalue weighted by atomic mass is 10.2. The van der Waals surface area contributed by atoms with Crippen LogP contribution in [0, 0.1) is 0 Å². The van der Waals surface area contributed by atoms with Crippen molar-refractivity contribution in [3.63, 3.8) is 0 Å². The summed E-state index contributed by atoms with van der Waals surface area (Å²) in [7, 11) is 3.46. The number of ether oxygens (including phenoxy) is 1. The van der Waals surface area contributed by atoms with Gasteiger partial charge in [0.1, 0.15) is 16.8 Å². The van der Waals surface area contributed by atoms with E-state index in [0.717, 1.165) is 16.5 Å². The van der Waals surface area contributed by atoms with Gasteiger partial charge in [0.25, 0.3) is 5.56 Å². The van der Waals surface area contributed by atoms with E-state index in [9.17, 15) is 9.59 Å². The molecule has 0 saturated heterocycles. The number of hydrogen-bond acceptors (Lipinski definition) is 5. The van der Waals surface area contributed by atoms with E-state index in [1.807, 2.05) is 54.9 Å². The van der Waals surface area contributed by atoms with E-state index in [2.05, 4.69) is 5.32 Å². The summed E-state index contributed by atoms with van der Waals surface area (Å²) in [4.78, 5) is 30.5. The summed E-state index contributed by atoms with van der Waals surface area (Å²) in [6.07, 6.45) is 0. The molecule has 0 aliphatic rings. The molecule has 0 atom stereocenters. The summed E-state index contributed by atoms with van der Waals surface area (Å²) in [5.74, 6) is 0.669. The zero-order valence-corrected chi connectivity index (χ0v) is 19.6. The lowest BCUT2D eigenvalue weighted by molar-refractivity contribution is -0.118. The van der Waals surface area contributed by atoms with Gasteiger partial charge < -0.3 is 14.6 Å². The first-order valence-corrected chi connectivity index (χ1v) is 11.5. The van der Waals surface area contributed by atoms with E-state index >= 15 is 0 Å². The topological polar surface area (TPSA) is 78.2 Å². The summed E-state index contributed by atoms with van der Waals surface area (Å²) >= 11 is 7.39. The van der Waals surface area contributed by atoms with Crippen LogP contribution < -0.4 is 15.6 Å². The number of benzene rings is 2. The van der Waals surface area contributed by atoms with Crippen molar-refractivity contribution in [2.45, 2.75) is 25.2 Å². The maximum Gasteiger partial charge on any atom is 0.278 e. The predicted octanol–water partition coefficient (Wildman–Crippen LogP) is 3.98. The van der Waals surface area contributed by atoms with E-state index in [1.54, 1.807) is 17.7 Å². The molecule has 0 fully saturated rings. The van der Waals surface area contributed by atoms with Gasteiger partial charge in [-0.25, -0.2) is 4.98 Å². The number of amides is 1. The number of aromatic nitrogens is 3. The summed E-state index contributed by atoms with van der Waals surface area (Å²) in [6, 6.07) is 13.0. The van der Waals surface area contributed by atoms with Crippen LogP contribution >= 0.6 is 23.4 Å². The van der Waals surface area contributed by atoms with Crippen molar-refractivity contribution in [1.82, 2.24) is 19.4 Å². The van der Waals surface area contributed by atoms with Gasteiger partial charge in [0.05, 0.1) is 18.4 Å². The number of thioether (sulfide) groups is 1. The monoisotopic (exact) mass is 470 g/mol. The second-order valence-electron chi connectivity index (χ2n) is 7.24. The Morgan fingerprint density at radius 2 is 2.03 bits per heavy atom. The minimum atomic E-state index is -0.161. The number of rotatable bonds is 7. The normalized spacial score (nSPS) is 11.2. The lowest BCUT2D eigenvalue weighted by Crippen LogP contribution is -2.27. The van der Waals surface area contributed by atoms with E-state index < -0.39 is 0 Å². The van der Waals surface area contributed by atoms with Crippen molar-refractivity contribution >= 4 is 51.2 Å². The Kier molecular flexibility index (Phi) is 6.43. The Bertz CT molecular complexity index is 1380. The smallest absolute Gasteiger partial charge is 0.278 e. The maximum atomic E-state index is 13.3. The van der Waals surface area contributed by atoms with Crippen LogP contribution in [0.1, 0.15) is 12.5 Å². The van der Waals surface area contributed by atoms with E-state index in [0.29, 0.717) is 40.1 Å². The predicted molar refractivity (Wildman–Crippen MR) is 129 cm³/mol. The number of hydrogen-bond donors (Lipinski definition) is 1. The first kappa shape index (κ1) is 22.2. The van der Waals surface area contributed by atoms with Gasteiger partial charge in [-0.1, -0.05) is 41.6 Å². The van der Waals surface area contributed by atoms with Crippen LogP contribution in [-0.4, -0.2) is 32.9 Å². The third kappa shape index (κ3) is 4.08. The Hall–Kier alpha value is -2.97. The molecule has 32 heavy (non-hydrogen) atoms. The Morgan fingerprint density at radius 1 is 1.25 bits per heavy atom. The van der Waals surface area contributed by atoms with Crippen molar-refractivity contribution in [1.29, 1.82) is 0 Å². The molecule has 0 aliphatic carbocycles. The van der Waals surface area contributed by atoms with Crippen LogP contribution in [-0.2, 0) is 24.9 Å². The average Bonchev–Trinajstić information content (AvgIpc) is 3.08. The standard InChI is InChI=1S/C23H23ClN4O3S/c1-4-28-22(30)21-20(16-11-15(31-3)9-10-18(16)27(21)2)26-23(28)32-13-19(29)25-12-14-7-5-6-8-17(14)24/h5-11H,4,12-13H2,1-3H3,(H,25,29). The number of nitrogens with one attached hydrogen (secondary N) is 1. The van der Waals surface area contributed by atoms with Gasteiger partial charge in [-0.15, -0.1) is 0 Å². The molecule has 0 radical (unpaired) electrons. The molecule has 4 rings (SSSR count). The zero-order chi connectivity index (χ0) is 22.8. The van der Waals surface area contributed by atoms with Crippen molar-refractivity contribution in [2.75, 3.05) is 12.9 Å². The number of aryl methyl sites for hydroxylation is 1. The van der Waals surface area contributed by atoms with E-state index in [1.165, 1.54) is 11.8 Å². The molecule has 166 valence electrons. The highest BCUT2D eigenvalue weighted by Gasteiger charge is 2.19. The van der Waals surface area contributed by atoms with Gasteiger partial charge in [-0.2, -0.15) is 0 Å². The highest BCUT2D eigenvalue weighted by molar-refractivity contribution is 7.99. The minimum Gasteiger partial charge on any atom is -0.497 e. The molecule has 9 heteroatoms. The summed E-state index contributed by atoms with van der Waals surface area (Å²) in [5, 5.41) is 4.83. The summed E-state index contributed by atoms with van der Waals surface area (Å²) in [6.45, 7) is 2.69. The van der Waals surface area contributed by atoms with Gasteiger partial charge >= 0.3 is 0 Å². The highest BCUT2D eigenvalue weighted by atomic mass is 35.5. The Morgan fingerprint density at radius 3 is 2.75 bits per heavy atom. The largest absolute Gasteiger partial charge is 0.497 e. The van der Waals surface area contributed by atoms with E-state index in [-0.39, 0.29) is 17.2 Å². The fraction of sp³-hybridized carbons (Fsp3) is 0.261. The van der Waals surface area contributed by atoms with E-state index in [4.69, 9.17) is 21.3 Å². The Balaban J connectivity index is 1.63. The van der Waals surface area contributed by atoms with Gasteiger partial charge in [0.2, 0.25) is 5.91 Å². The van der Waals surface area contributed by atoms with Crippen LogP contribution in [0.4, 0.5) is 0 Å². The lowest BCUT2D eigenvalue weighted by Gasteiger charge is -2.11. The third-order valence-corrected chi connectivity index (χ3v) is 6.69. The van der Waals surface area contributed by atoms with Crippen molar-refractivity contribution in [2.24, 2.45) is 7.05 Å². The maximum absolute atomic E-state index is 13.3. The first-order valence-electron chi connectivity index (χ1n) is 10.1. The number of carbonyl (C=O) groups excluding carboxylic acids is 1. The molecule has 4 aromatic rings. The fourth-order valence-electron chi connectivity index (χ4n) is 3.67. The second kappa shape index (κ2) is 9.26. The molecule has 2 heterocycles. The van der Waals surface area contributed by atoms with Crippen LogP contribution in [0.3, 0.4) is 0 Å². The molecule has 0 spiro atoms. The summed E-state index contributed by atoms with van der Waals surface area (Å²) < 4.78 is 8.81. The third-order valence-electron chi connectivity index (χ3n) is 5.35. The molecule has 0 aliphatic heterocycles. The van der Waals surface area contributed by atoms with Gasteiger partial charge in [-0.05, 0) is 36.8 Å². The molecule has 7 nitrogen and oxygen atoms in total. The fourth-order valence-corrected chi connectivity index (χ4v) is 4.75. The average molecular weight is 471 g/mol. The molecule has 0 bridgehead atoms. The van der Waals surface area contributed by atoms with Gasteiger partial charge in [0, 0.05) is 30.5 Å². The summed E-state index contributed by atoms with van der Waals surface area (Å²) in [5.41, 5.74) is 2.75. The highest BCUT2D eigenvalue weighted by Crippen LogP contribution is 2.30. The molecule has 0 unspecified atom stereocenters. The van der Waals surface area contributed by atoms with Crippen LogP contribution in [0.25, 0.3) is 21.9 Å². The van der Waals surface area contributed by atoms with Crippen molar-refractivity contribution in [3.05, 3.63) is 63.4 Å². The first-order chi connectivity index (χ1) is 15.4. The van der Waals surface area contributed by atoms with Crippen LogP contribution in [0.2, 0.25) is 5.02 Å². The van der Waals surface area contributed by atoms with Crippen LogP contribution in [0.5, 0.6) is 5.75 Å². The number of halogens is 1. The van der Waals surface area contributed by atoms with Gasteiger partial charge in [0.15, 0.2) is 5.16 Å². The van der Waals surface area contributed by atoms with Crippen molar-refractivity contribution < 1.29 is 9.53 Å². The van der Waals surface area contributed by atoms with Crippen LogP contribution in [0.15, 0.2) is 52.4 Å². The molecular weight excluding hydrogens is 448 g/mol. The number of carbonyl (C=O) groups is 1. The van der Waals surface area contributed by atoms with Crippen molar-refractivity contribution in [3.8, 4) is 5.75 Å². The molecule has 2 aromatic heterocycles. The molecule has 1 N–H and O–H groups in total. The molecule has 1 amide bonds. The molecule has 0 saturated carbocycles. The number of methoxy groups -OCH3 is 1. The zero-order valence-electron chi connectivity index (χ0n) is 18.0. The second-order valence-corrected chi connectivity index (χ2v) is 8.59.